The van der Waals surface area contributed by atoms with Gasteiger partial charge in [-0.05, 0) is 30.3 Å². The highest BCUT2D eigenvalue weighted by Gasteiger charge is 2.19. The van der Waals surface area contributed by atoms with Gasteiger partial charge < -0.3 is 16.4 Å². The third-order valence-corrected chi connectivity index (χ3v) is 3.36. The predicted molar refractivity (Wildman–Crippen MR) is 86.1 cm³/mol. The van der Waals surface area contributed by atoms with Gasteiger partial charge in [-0.15, -0.1) is 0 Å². The van der Waals surface area contributed by atoms with E-state index in [1.165, 1.54) is 0 Å². The Labute approximate surface area is 127 Å². The first-order valence-electron chi connectivity index (χ1n) is 6.75. The number of nitrogens with two attached hydrogens (primary N) is 2. The van der Waals surface area contributed by atoms with Crippen molar-refractivity contribution in [3.8, 4) is 0 Å². The van der Waals surface area contributed by atoms with Gasteiger partial charge in [0.15, 0.2) is 0 Å². The first-order chi connectivity index (χ1) is 10.6. The fourth-order valence-corrected chi connectivity index (χ4v) is 2.30. The van der Waals surface area contributed by atoms with Crippen LogP contribution in [0.5, 0.6) is 0 Å². The fraction of sp³-hybridized carbons (Fsp3) is 0.0625. The quantitative estimate of drug-likeness (QED) is 0.892. The van der Waals surface area contributed by atoms with E-state index >= 15 is 0 Å². The van der Waals surface area contributed by atoms with Crippen LogP contribution >= 0.6 is 0 Å². The van der Waals surface area contributed by atoms with Crippen LogP contribution in [0.25, 0.3) is 5.70 Å². The molecule has 0 atom stereocenters. The van der Waals surface area contributed by atoms with Crippen molar-refractivity contribution in [1.82, 2.24) is 4.98 Å². The number of rotatable bonds is 3. The summed E-state index contributed by atoms with van der Waals surface area (Å²) >= 11 is 0. The van der Waals surface area contributed by atoms with Gasteiger partial charge >= 0.3 is 0 Å². The Morgan fingerprint density at radius 1 is 1.23 bits per heavy atom. The van der Waals surface area contributed by atoms with Crippen LogP contribution in [0.4, 0.5) is 5.69 Å². The molecule has 0 fully saturated rings. The summed E-state index contributed by atoms with van der Waals surface area (Å²) in [6, 6.07) is 10.9. The molecular formula is C16H15N5O. The van der Waals surface area contributed by atoms with E-state index in [-0.39, 0.29) is 0 Å². The van der Waals surface area contributed by atoms with Crippen molar-refractivity contribution in [2.75, 3.05) is 11.4 Å². The number of amidine groups is 1. The molecule has 1 amide bonds. The van der Waals surface area contributed by atoms with E-state index in [0.717, 1.165) is 16.9 Å². The summed E-state index contributed by atoms with van der Waals surface area (Å²) < 4.78 is 0. The molecule has 22 heavy (non-hydrogen) atoms. The molecule has 1 aliphatic heterocycles. The highest BCUT2D eigenvalue weighted by Crippen LogP contribution is 2.28. The molecule has 0 bridgehead atoms. The number of nitrogens with zero attached hydrogens (tertiary/aromatic N) is 3. The van der Waals surface area contributed by atoms with Crippen LogP contribution in [-0.4, -0.2) is 23.3 Å². The van der Waals surface area contributed by atoms with Gasteiger partial charge in [0, 0.05) is 29.2 Å². The molecule has 0 unspecified atom stereocenters. The molecule has 2 heterocycles. The van der Waals surface area contributed by atoms with E-state index in [9.17, 15) is 4.79 Å². The Morgan fingerprint density at radius 3 is 2.82 bits per heavy atom. The number of aromatic nitrogens is 1. The highest BCUT2D eigenvalue weighted by molar-refractivity contribution is 5.97. The molecule has 1 aromatic carbocycles. The number of carbonyl (C=O) groups excluding carboxylic acids is 1. The second-order valence-electron chi connectivity index (χ2n) is 4.88. The SMILES string of the molecule is NC(=O)c1cccc(N2CC(N)=NC=C2c2cccnc2)c1. The first-order valence-corrected chi connectivity index (χ1v) is 6.75. The van der Waals surface area contributed by atoms with E-state index < -0.39 is 5.91 Å². The molecule has 6 heteroatoms. The van der Waals surface area contributed by atoms with E-state index in [1.54, 1.807) is 36.8 Å². The van der Waals surface area contributed by atoms with Gasteiger partial charge in [-0.25, -0.2) is 4.99 Å². The predicted octanol–water partition coefficient (Wildman–Crippen LogP) is 1.36. The fourth-order valence-electron chi connectivity index (χ4n) is 2.30. The second kappa shape index (κ2) is 5.69. The molecule has 2 aromatic rings. The average Bonchev–Trinajstić information content (AvgIpc) is 2.55. The summed E-state index contributed by atoms with van der Waals surface area (Å²) in [5.74, 6) is 0.0320. The smallest absolute Gasteiger partial charge is 0.248 e. The van der Waals surface area contributed by atoms with Gasteiger partial charge in [0.05, 0.1) is 18.4 Å². The van der Waals surface area contributed by atoms with Crippen molar-refractivity contribution in [2.45, 2.75) is 0 Å². The van der Waals surface area contributed by atoms with Gasteiger partial charge in [0.2, 0.25) is 5.91 Å². The number of carbonyl (C=O) groups is 1. The minimum Gasteiger partial charge on any atom is -0.386 e. The Balaban J connectivity index is 2.05. The van der Waals surface area contributed by atoms with Crippen LogP contribution < -0.4 is 16.4 Å². The van der Waals surface area contributed by atoms with Crippen molar-refractivity contribution in [3.05, 3.63) is 66.1 Å². The first kappa shape index (κ1) is 13.8. The number of aliphatic imine (C=N–C) groups is 1. The van der Waals surface area contributed by atoms with Crippen molar-refractivity contribution < 1.29 is 4.79 Å². The molecule has 0 spiro atoms. The Hall–Kier alpha value is -3.15. The standard InChI is InChI=1S/C16H15N5O/c17-15-10-21(13-5-1-3-11(7-13)16(18)22)14(9-20-15)12-4-2-6-19-8-12/h1-9H,10H2,(H2,17,20)(H2,18,22). The Morgan fingerprint density at radius 2 is 2.09 bits per heavy atom. The van der Waals surface area contributed by atoms with Gasteiger partial charge in [-0.3, -0.25) is 9.78 Å². The number of amides is 1. The average molecular weight is 293 g/mol. The van der Waals surface area contributed by atoms with Crippen LogP contribution in [0.15, 0.2) is 60.0 Å². The zero-order valence-corrected chi connectivity index (χ0v) is 11.8. The summed E-state index contributed by atoms with van der Waals surface area (Å²) in [6.45, 7) is 0.433. The molecule has 0 radical (unpaired) electrons. The molecule has 0 saturated carbocycles. The van der Waals surface area contributed by atoms with Crippen molar-refractivity contribution >= 4 is 23.1 Å². The minimum absolute atomic E-state index is 0.433. The minimum atomic E-state index is -0.465. The van der Waals surface area contributed by atoms with Gasteiger partial charge in [-0.2, -0.15) is 0 Å². The Kier molecular flexibility index (Phi) is 3.57. The summed E-state index contributed by atoms with van der Waals surface area (Å²) in [6.07, 6.45) is 5.17. The molecule has 4 N–H and O–H groups in total. The largest absolute Gasteiger partial charge is 0.386 e. The Bertz CT molecular complexity index is 767. The van der Waals surface area contributed by atoms with Crippen molar-refractivity contribution in [3.63, 3.8) is 0 Å². The number of benzene rings is 1. The van der Waals surface area contributed by atoms with Crippen LogP contribution in [0.2, 0.25) is 0 Å². The van der Waals surface area contributed by atoms with Gasteiger partial charge in [-0.1, -0.05) is 6.07 Å². The number of pyridine rings is 1. The summed E-state index contributed by atoms with van der Waals surface area (Å²) in [7, 11) is 0. The monoisotopic (exact) mass is 293 g/mol. The molecule has 1 aliphatic rings. The molecule has 0 saturated heterocycles. The topological polar surface area (TPSA) is 97.6 Å². The maximum absolute atomic E-state index is 11.4. The number of hydrogen-bond donors (Lipinski definition) is 2. The van der Waals surface area contributed by atoms with E-state index in [4.69, 9.17) is 11.5 Å². The number of hydrogen-bond acceptors (Lipinski definition) is 5. The van der Waals surface area contributed by atoms with Crippen LogP contribution in [0.3, 0.4) is 0 Å². The summed E-state index contributed by atoms with van der Waals surface area (Å²) in [5.41, 5.74) is 14.3. The summed E-state index contributed by atoms with van der Waals surface area (Å²) in [5, 5.41) is 0. The van der Waals surface area contributed by atoms with Crippen LogP contribution in [0, 0.1) is 0 Å². The van der Waals surface area contributed by atoms with E-state index in [1.807, 2.05) is 23.1 Å². The molecule has 6 nitrogen and oxygen atoms in total. The summed E-state index contributed by atoms with van der Waals surface area (Å²) in [4.78, 5) is 21.7. The van der Waals surface area contributed by atoms with Gasteiger partial charge in [0.25, 0.3) is 0 Å². The third kappa shape index (κ3) is 2.67. The van der Waals surface area contributed by atoms with E-state index in [0.29, 0.717) is 17.9 Å². The molecular weight excluding hydrogens is 278 g/mol. The zero-order chi connectivity index (χ0) is 15.5. The second-order valence-corrected chi connectivity index (χ2v) is 4.88. The van der Waals surface area contributed by atoms with Crippen molar-refractivity contribution in [1.29, 1.82) is 0 Å². The lowest BCUT2D eigenvalue weighted by Crippen LogP contribution is -2.35. The normalized spacial score (nSPS) is 14.3. The maximum atomic E-state index is 11.4. The third-order valence-electron chi connectivity index (χ3n) is 3.36. The number of primary amides is 1. The van der Waals surface area contributed by atoms with Crippen LogP contribution in [-0.2, 0) is 0 Å². The molecule has 0 aliphatic carbocycles. The molecule has 110 valence electrons. The van der Waals surface area contributed by atoms with Gasteiger partial charge in [0.1, 0.15) is 5.84 Å². The van der Waals surface area contributed by atoms with E-state index in [2.05, 4.69) is 9.98 Å². The lowest BCUT2D eigenvalue weighted by Gasteiger charge is -2.29. The lowest BCUT2D eigenvalue weighted by molar-refractivity contribution is 0.100. The molecule has 1 aromatic heterocycles. The van der Waals surface area contributed by atoms with Crippen LogP contribution in [0.1, 0.15) is 15.9 Å². The maximum Gasteiger partial charge on any atom is 0.248 e. The molecule has 3 rings (SSSR count). The highest BCUT2D eigenvalue weighted by atomic mass is 16.1. The van der Waals surface area contributed by atoms with Crippen molar-refractivity contribution in [2.24, 2.45) is 16.5 Å². The lowest BCUT2D eigenvalue weighted by atomic mass is 10.1. The number of anilines is 1. The zero-order valence-electron chi connectivity index (χ0n) is 11.8.